The molecule has 2 aromatic heterocycles. The lowest BCUT2D eigenvalue weighted by atomic mass is 9.89. The second-order valence-corrected chi connectivity index (χ2v) is 6.34. The molecule has 1 unspecified atom stereocenters. The highest BCUT2D eigenvalue weighted by molar-refractivity contribution is 5.95. The number of nitrogens with zero attached hydrogens (tertiary/aromatic N) is 4. The normalized spacial score (nSPS) is 18.0. The van der Waals surface area contributed by atoms with Crippen molar-refractivity contribution in [3.05, 3.63) is 66.5 Å². The van der Waals surface area contributed by atoms with Gasteiger partial charge in [0, 0.05) is 24.2 Å². The number of fused-ring (bicyclic) bond motifs is 1. The number of benzene rings is 1. The summed E-state index contributed by atoms with van der Waals surface area (Å²) in [5, 5.41) is 0. The first-order chi connectivity index (χ1) is 13.1. The summed E-state index contributed by atoms with van der Waals surface area (Å²) >= 11 is 0. The molecule has 3 heterocycles. The first-order valence-corrected chi connectivity index (χ1v) is 9.06. The second-order valence-electron chi connectivity index (χ2n) is 6.34. The Morgan fingerprint density at radius 1 is 1.15 bits per heavy atom. The van der Waals surface area contributed by atoms with E-state index in [0.717, 1.165) is 28.3 Å². The van der Waals surface area contributed by atoms with Crippen molar-refractivity contribution < 1.29 is 4.74 Å². The second kappa shape index (κ2) is 7.61. The van der Waals surface area contributed by atoms with Crippen molar-refractivity contribution in [3.63, 3.8) is 0 Å². The van der Waals surface area contributed by atoms with Crippen LogP contribution >= 0.6 is 0 Å². The van der Waals surface area contributed by atoms with Crippen LogP contribution in [-0.2, 0) is 12.1 Å². The smallest absolute Gasteiger partial charge is 0.175 e. The molecule has 140 valence electrons. The number of hydrogen-bond donors (Lipinski definition) is 1. The average molecular weight is 363 g/mol. The van der Waals surface area contributed by atoms with Gasteiger partial charge in [0.1, 0.15) is 11.3 Å². The Kier molecular flexibility index (Phi) is 5.26. The average Bonchev–Trinajstić information content (AvgIpc) is 3.18. The summed E-state index contributed by atoms with van der Waals surface area (Å²) in [6.07, 6.45) is 7.21. The number of aliphatic imine (C=N–C) groups is 1. The third kappa shape index (κ3) is 3.56. The predicted octanol–water partition coefficient (Wildman–Crippen LogP) is 3.61. The van der Waals surface area contributed by atoms with Gasteiger partial charge in [0.15, 0.2) is 11.7 Å². The number of amidine groups is 1. The van der Waals surface area contributed by atoms with E-state index in [1.807, 2.05) is 42.9 Å². The zero-order valence-electron chi connectivity index (χ0n) is 16.2. The molecule has 2 N–H and O–H groups in total. The summed E-state index contributed by atoms with van der Waals surface area (Å²) < 4.78 is 7.32. The molecule has 1 atom stereocenters. The fourth-order valence-corrected chi connectivity index (χ4v) is 3.23. The fourth-order valence-electron chi connectivity index (χ4n) is 3.23. The largest absolute Gasteiger partial charge is 0.495 e. The van der Waals surface area contributed by atoms with Gasteiger partial charge in [-0.25, -0.2) is 4.98 Å². The summed E-state index contributed by atoms with van der Waals surface area (Å²) in [5.74, 6) is 1.93. The highest BCUT2D eigenvalue weighted by Gasteiger charge is 2.32. The van der Waals surface area contributed by atoms with Gasteiger partial charge in [-0.15, -0.1) is 0 Å². The predicted molar refractivity (Wildman–Crippen MR) is 108 cm³/mol. The van der Waals surface area contributed by atoms with Crippen molar-refractivity contribution in [2.24, 2.45) is 10.7 Å². The first kappa shape index (κ1) is 18.6. The van der Waals surface area contributed by atoms with Gasteiger partial charge in [-0.3, -0.25) is 9.98 Å². The van der Waals surface area contributed by atoms with Crippen LogP contribution in [0.5, 0.6) is 5.75 Å². The van der Waals surface area contributed by atoms with Gasteiger partial charge in [0.25, 0.3) is 0 Å². The highest BCUT2D eigenvalue weighted by Crippen LogP contribution is 2.34. The van der Waals surface area contributed by atoms with Gasteiger partial charge in [0.2, 0.25) is 0 Å². The van der Waals surface area contributed by atoms with Crippen LogP contribution in [-0.4, -0.2) is 27.5 Å². The van der Waals surface area contributed by atoms with Gasteiger partial charge >= 0.3 is 0 Å². The molecule has 0 aliphatic carbocycles. The Morgan fingerprint density at radius 2 is 1.96 bits per heavy atom. The highest BCUT2D eigenvalue weighted by atomic mass is 16.5. The first-order valence-electron chi connectivity index (χ1n) is 9.06. The SMILES string of the molecule is CC.COc1cncc(-c2cccc(C3(C)Cn4ccnc4C(N)=N3)c2)c1. The van der Waals surface area contributed by atoms with E-state index in [9.17, 15) is 0 Å². The van der Waals surface area contributed by atoms with E-state index in [-0.39, 0.29) is 0 Å². The fraction of sp³-hybridized carbons (Fsp3) is 0.286. The van der Waals surface area contributed by atoms with Crippen LogP contribution in [0.2, 0.25) is 0 Å². The molecule has 27 heavy (non-hydrogen) atoms. The lowest BCUT2D eigenvalue weighted by molar-refractivity contribution is 0.400. The van der Waals surface area contributed by atoms with Crippen LogP contribution in [0.3, 0.4) is 0 Å². The number of ether oxygens (including phenoxy) is 1. The summed E-state index contributed by atoms with van der Waals surface area (Å²) in [5.41, 5.74) is 8.85. The molecule has 0 spiro atoms. The molecule has 1 aromatic carbocycles. The Balaban J connectivity index is 0.00000102. The van der Waals surface area contributed by atoms with Gasteiger partial charge in [-0.1, -0.05) is 32.0 Å². The van der Waals surface area contributed by atoms with E-state index in [1.54, 1.807) is 19.5 Å². The minimum Gasteiger partial charge on any atom is -0.495 e. The molecular weight excluding hydrogens is 338 g/mol. The molecule has 0 bridgehead atoms. The van der Waals surface area contributed by atoms with Crippen LogP contribution in [0.4, 0.5) is 0 Å². The number of imidazole rings is 1. The van der Waals surface area contributed by atoms with Crippen molar-refractivity contribution >= 4 is 5.84 Å². The maximum Gasteiger partial charge on any atom is 0.175 e. The Bertz CT molecular complexity index is 962. The van der Waals surface area contributed by atoms with E-state index in [0.29, 0.717) is 12.4 Å². The summed E-state index contributed by atoms with van der Waals surface area (Å²) in [4.78, 5) is 13.2. The lowest BCUT2D eigenvalue weighted by Crippen LogP contribution is -2.37. The maximum atomic E-state index is 6.13. The van der Waals surface area contributed by atoms with E-state index in [2.05, 4.69) is 35.1 Å². The molecule has 6 heteroatoms. The topological polar surface area (TPSA) is 78.3 Å². The van der Waals surface area contributed by atoms with E-state index in [4.69, 9.17) is 15.5 Å². The molecule has 3 aromatic rings. The molecule has 1 aliphatic rings. The molecule has 0 saturated heterocycles. The molecule has 0 radical (unpaired) electrons. The van der Waals surface area contributed by atoms with Crippen molar-refractivity contribution in [2.75, 3.05) is 7.11 Å². The Hall–Kier alpha value is -3.15. The van der Waals surface area contributed by atoms with E-state index >= 15 is 0 Å². The minimum absolute atomic E-state index is 0.444. The van der Waals surface area contributed by atoms with E-state index < -0.39 is 5.54 Å². The minimum atomic E-state index is -0.444. The molecule has 0 fully saturated rings. The molecule has 1 aliphatic heterocycles. The van der Waals surface area contributed by atoms with Crippen LogP contribution < -0.4 is 10.5 Å². The lowest BCUT2D eigenvalue weighted by Gasteiger charge is -2.31. The van der Waals surface area contributed by atoms with Crippen molar-refractivity contribution in [1.29, 1.82) is 0 Å². The Morgan fingerprint density at radius 3 is 2.74 bits per heavy atom. The van der Waals surface area contributed by atoms with Crippen molar-refractivity contribution in [2.45, 2.75) is 32.9 Å². The number of rotatable bonds is 3. The van der Waals surface area contributed by atoms with Crippen LogP contribution in [0, 0.1) is 0 Å². The quantitative estimate of drug-likeness (QED) is 0.771. The standard InChI is InChI=1S/C19H19N5O.C2H6/c1-19(12-24-7-6-22-18(24)17(20)23-19)15-5-3-4-13(8-15)14-9-16(25-2)11-21-10-14;1-2/h3-11H,12H2,1-2H3,(H2,20,23);1-2H3. The van der Waals surface area contributed by atoms with Crippen molar-refractivity contribution in [1.82, 2.24) is 14.5 Å². The summed E-state index contributed by atoms with van der Waals surface area (Å²) in [6, 6.07) is 10.3. The number of aromatic nitrogens is 3. The monoisotopic (exact) mass is 363 g/mol. The van der Waals surface area contributed by atoms with Gasteiger partial charge in [0.05, 0.1) is 19.9 Å². The van der Waals surface area contributed by atoms with Crippen LogP contribution in [0.1, 0.15) is 32.2 Å². The molecule has 0 amide bonds. The summed E-state index contributed by atoms with van der Waals surface area (Å²) in [6.45, 7) is 6.79. The third-order valence-electron chi connectivity index (χ3n) is 4.56. The van der Waals surface area contributed by atoms with E-state index in [1.165, 1.54) is 0 Å². The van der Waals surface area contributed by atoms with Crippen LogP contribution in [0.15, 0.2) is 60.1 Å². The molecule has 0 saturated carbocycles. The van der Waals surface area contributed by atoms with Gasteiger partial charge < -0.3 is 15.0 Å². The number of nitrogens with two attached hydrogens (primary N) is 1. The third-order valence-corrected chi connectivity index (χ3v) is 4.56. The number of pyridine rings is 1. The zero-order chi connectivity index (χ0) is 19.4. The molecular formula is C21H25N5O. The summed E-state index contributed by atoms with van der Waals surface area (Å²) in [7, 11) is 1.64. The van der Waals surface area contributed by atoms with Gasteiger partial charge in [-0.2, -0.15) is 0 Å². The molecule has 4 rings (SSSR count). The number of hydrogen-bond acceptors (Lipinski definition) is 5. The van der Waals surface area contributed by atoms with Gasteiger partial charge in [-0.05, 0) is 30.2 Å². The maximum absolute atomic E-state index is 6.13. The molecule has 6 nitrogen and oxygen atoms in total. The van der Waals surface area contributed by atoms with Crippen LogP contribution in [0.25, 0.3) is 11.1 Å². The zero-order valence-corrected chi connectivity index (χ0v) is 16.2. The number of methoxy groups -OCH3 is 1. The van der Waals surface area contributed by atoms with Crippen molar-refractivity contribution in [3.8, 4) is 16.9 Å². The Labute approximate surface area is 159 Å².